The summed E-state index contributed by atoms with van der Waals surface area (Å²) in [7, 11) is 2.06. The van der Waals surface area contributed by atoms with Gasteiger partial charge in [0.2, 0.25) is 0 Å². The summed E-state index contributed by atoms with van der Waals surface area (Å²) in [6, 6.07) is 3.30. The minimum atomic E-state index is -2.52. The summed E-state index contributed by atoms with van der Waals surface area (Å²) in [6.45, 7) is 19.4. The van der Waals surface area contributed by atoms with Gasteiger partial charge in [-0.05, 0) is 100 Å². The van der Waals surface area contributed by atoms with Crippen LogP contribution in [0.1, 0.15) is 67.2 Å². The highest BCUT2D eigenvalue weighted by atomic mass is 28.4. The maximum Gasteiger partial charge on any atom is 0.500 e. The molecule has 0 aliphatic carbocycles. The molecule has 0 aromatic rings. The van der Waals surface area contributed by atoms with E-state index in [0.29, 0.717) is 39.6 Å². The lowest BCUT2D eigenvalue weighted by Crippen LogP contribution is -2.46. The fourth-order valence-electron chi connectivity index (χ4n) is 5.34. The molecule has 0 aromatic carbocycles. The van der Waals surface area contributed by atoms with E-state index in [-0.39, 0.29) is 0 Å². The van der Waals surface area contributed by atoms with Crippen LogP contribution in [0.15, 0.2) is 0 Å². The maximum absolute atomic E-state index is 5.89. The molecule has 0 spiro atoms. The van der Waals surface area contributed by atoms with Crippen LogP contribution in [-0.4, -0.2) is 156 Å². The zero-order valence-corrected chi connectivity index (χ0v) is 37.6. The van der Waals surface area contributed by atoms with Crippen molar-refractivity contribution in [1.29, 1.82) is 0 Å². The average molecular weight is 781 g/mol. The number of rotatable bonds is 34. The van der Waals surface area contributed by atoms with E-state index in [1.54, 1.807) is 42.7 Å². The van der Waals surface area contributed by atoms with Crippen molar-refractivity contribution in [2.24, 2.45) is 0 Å². The van der Waals surface area contributed by atoms with Crippen LogP contribution in [0.25, 0.3) is 0 Å². The molecule has 0 aliphatic heterocycles. The standard InChI is InChI=1S/C18H43NO6Si2.C13H33NO6Si2/c1-7-20-26(21-8-2,22-9-3)17-13-15-19-16-14-18-27(23-10-4,24-11-5)25-12-6;1-14(10-8-12-21(15-2,16-3)17-4)11-9-13-22(18-5,19-6)20-7/h19H,7-18H2,1-6H3;8-13H2,1-7H3. The fraction of sp³-hybridized carbons (Fsp3) is 1.00. The molecule has 0 atom stereocenters. The van der Waals surface area contributed by atoms with Crippen LogP contribution in [0.3, 0.4) is 0 Å². The smallest absolute Gasteiger partial charge is 0.377 e. The van der Waals surface area contributed by atoms with Crippen molar-refractivity contribution in [1.82, 2.24) is 10.2 Å². The van der Waals surface area contributed by atoms with E-state index in [2.05, 4.69) is 17.3 Å². The Labute approximate surface area is 304 Å². The first kappa shape index (κ1) is 51.4. The van der Waals surface area contributed by atoms with Gasteiger partial charge in [0.15, 0.2) is 0 Å². The lowest BCUT2D eigenvalue weighted by molar-refractivity contribution is 0.0705. The van der Waals surface area contributed by atoms with Crippen molar-refractivity contribution in [2.45, 2.75) is 91.4 Å². The first-order valence-corrected chi connectivity index (χ1v) is 25.8. The Hall–Kier alpha value is 0.308. The van der Waals surface area contributed by atoms with Gasteiger partial charge in [-0.2, -0.15) is 0 Å². The van der Waals surface area contributed by atoms with E-state index in [1.807, 2.05) is 41.5 Å². The predicted octanol–water partition coefficient (Wildman–Crippen LogP) is 4.91. The van der Waals surface area contributed by atoms with Crippen molar-refractivity contribution in [3.8, 4) is 0 Å². The topological polar surface area (TPSA) is 126 Å². The number of nitrogens with one attached hydrogen (secondary N) is 1. The molecule has 0 fully saturated rings. The molecule has 0 rings (SSSR count). The summed E-state index contributed by atoms with van der Waals surface area (Å²) in [4.78, 5) is 2.28. The predicted molar refractivity (Wildman–Crippen MR) is 203 cm³/mol. The molecule has 0 amide bonds. The second kappa shape index (κ2) is 31.8. The lowest BCUT2D eigenvalue weighted by atomic mass is 10.4. The highest BCUT2D eigenvalue weighted by Gasteiger charge is 2.41. The molecular weight excluding hydrogens is 705 g/mol. The molecule has 0 bridgehead atoms. The minimum absolute atomic E-state index is 0.624. The Morgan fingerprint density at radius 1 is 0.388 bits per heavy atom. The van der Waals surface area contributed by atoms with Gasteiger partial charge in [-0.1, -0.05) is 0 Å². The van der Waals surface area contributed by atoms with Gasteiger partial charge in [0, 0.05) is 106 Å². The van der Waals surface area contributed by atoms with Crippen molar-refractivity contribution < 1.29 is 53.1 Å². The van der Waals surface area contributed by atoms with E-state index < -0.39 is 35.2 Å². The second-order valence-electron chi connectivity index (χ2n) is 11.0. The number of nitrogens with zero attached hydrogens (tertiary/aromatic N) is 1. The van der Waals surface area contributed by atoms with Crippen LogP contribution in [0.2, 0.25) is 24.2 Å². The van der Waals surface area contributed by atoms with E-state index >= 15 is 0 Å². The molecule has 0 unspecified atom stereocenters. The Balaban J connectivity index is 0. The second-order valence-corrected chi connectivity index (χ2v) is 22.7. The molecular formula is C31H76N2O12Si4. The van der Waals surface area contributed by atoms with Gasteiger partial charge in [-0.25, -0.2) is 0 Å². The van der Waals surface area contributed by atoms with Crippen molar-refractivity contribution >= 4 is 35.2 Å². The van der Waals surface area contributed by atoms with E-state index in [9.17, 15) is 0 Å². The Kier molecular flexibility index (Phi) is 33.4. The lowest BCUT2D eigenvalue weighted by Gasteiger charge is -2.29. The van der Waals surface area contributed by atoms with Gasteiger partial charge in [0.1, 0.15) is 0 Å². The van der Waals surface area contributed by atoms with Crippen molar-refractivity contribution in [3.05, 3.63) is 0 Å². The molecule has 0 aliphatic rings. The third kappa shape index (κ3) is 22.2. The van der Waals surface area contributed by atoms with Gasteiger partial charge in [-0.15, -0.1) is 0 Å². The summed E-state index contributed by atoms with van der Waals surface area (Å²) in [6.07, 6.45) is 3.88. The molecule has 1 N–H and O–H groups in total. The molecule has 18 heteroatoms. The Morgan fingerprint density at radius 3 is 0.857 bits per heavy atom. The maximum atomic E-state index is 5.89. The largest absolute Gasteiger partial charge is 0.500 e. The van der Waals surface area contributed by atoms with Crippen LogP contribution in [-0.2, 0) is 53.1 Å². The third-order valence-electron chi connectivity index (χ3n) is 7.77. The third-order valence-corrected chi connectivity index (χ3v) is 19.7. The molecule has 0 radical (unpaired) electrons. The molecule has 14 nitrogen and oxygen atoms in total. The van der Waals surface area contributed by atoms with Crippen molar-refractivity contribution in [3.63, 3.8) is 0 Å². The molecule has 0 heterocycles. The summed E-state index contributed by atoms with van der Waals surface area (Å²) in [5.74, 6) is 0. The van der Waals surface area contributed by atoms with Gasteiger partial charge >= 0.3 is 35.2 Å². The van der Waals surface area contributed by atoms with Crippen molar-refractivity contribution in [2.75, 3.05) is 116 Å². The first-order valence-electron chi connectivity index (χ1n) is 18.1. The molecule has 0 aromatic heterocycles. The monoisotopic (exact) mass is 780 g/mol. The van der Waals surface area contributed by atoms with Gasteiger partial charge < -0.3 is 63.3 Å². The van der Waals surface area contributed by atoms with Crippen LogP contribution in [0.4, 0.5) is 0 Å². The Bertz CT molecular complexity index is 625. The quantitative estimate of drug-likeness (QED) is 0.0703. The molecule has 298 valence electrons. The number of hydrogen-bond acceptors (Lipinski definition) is 14. The minimum Gasteiger partial charge on any atom is -0.377 e. The van der Waals surface area contributed by atoms with Crippen LogP contribution >= 0.6 is 0 Å². The summed E-state index contributed by atoms with van der Waals surface area (Å²) < 4.78 is 67.8. The molecule has 0 saturated carbocycles. The van der Waals surface area contributed by atoms with Gasteiger partial charge in [-0.3, -0.25) is 0 Å². The summed E-state index contributed by atoms with van der Waals surface area (Å²) >= 11 is 0. The number of hydrogen-bond donors (Lipinski definition) is 1. The van der Waals surface area contributed by atoms with E-state index in [1.165, 1.54) is 0 Å². The molecule has 49 heavy (non-hydrogen) atoms. The zero-order valence-electron chi connectivity index (χ0n) is 33.6. The highest BCUT2D eigenvalue weighted by Crippen LogP contribution is 2.20. The molecule has 0 saturated heterocycles. The highest BCUT2D eigenvalue weighted by molar-refractivity contribution is 6.61. The van der Waals surface area contributed by atoms with Gasteiger partial charge in [0.25, 0.3) is 0 Å². The normalized spacial score (nSPS) is 12.9. The summed E-state index contributed by atoms with van der Waals surface area (Å²) in [5, 5.41) is 3.49. The van der Waals surface area contributed by atoms with E-state index in [4.69, 9.17) is 53.1 Å². The van der Waals surface area contributed by atoms with Gasteiger partial charge in [0.05, 0.1) is 0 Å². The Morgan fingerprint density at radius 2 is 0.633 bits per heavy atom. The summed E-state index contributed by atoms with van der Waals surface area (Å²) in [5.41, 5.74) is 0. The zero-order chi connectivity index (χ0) is 37.5. The average Bonchev–Trinajstić information content (AvgIpc) is 3.10. The van der Waals surface area contributed by atoms with Crippen LogP contribution in [0.5, 0.6) is 0 Å². The fourth-order valence-corrected chi connectivity index (χ4v) is 14.0. The SMILES string of the molecule is CCO[Si](CCCNCCC[Si](OCC)(OCC)OCC)(OCC)OCC.CO[Si](CCCN(C)CCC[Si](OC)(OC)OC)(OC)OC. The van der Waals surface area contributed by atoms with Crippen LogP contribution in [0, 0.1) is 0 Å². The van der Waals surface area contributed by atoms with E-state index in [0.717, 1.165) is 76.0 Å². The first-order chi connectivity index (χ1) is 23.5. The van der Waals surface area contributed by atoms with Crippen LogP contribution < -0.4 is 5.32 Å².